The average Bonchev–Trinajstić information content (AvgIpc) is 2.55. The van der Waals surface area contributed by atoms with Crippen molar-refractivity contribution in [2.45, 2.75) is 12.0 Å². The van der Waals surface area contributed by atoms with Crippen molar-refractivity contribution in [3.8, 4) is 0 Å². The molecule has 0 saturated carbocycles. The number of likely N-dealkylation sites (N-methyl/N-ethyl adjacent to an activating group) is 1. The largest absolute Gasteiger partial charge is 0.381 e. The summed E-state index contributed by atoms with van der Waals surface area (Å²) in [5, 5.41) is 0. The molecule has 0 radical (unpaired) electrons. The third-order valence-corrected chi connectivity index (χ3v) is 3.43. The van der Waals surface area contributed by atoms with Crippen LogP contribution in [0.3, 0.4) is 0 Å². The monoisotopic (exact) mass is 235 g/mol. The van der Waals surface area contributed by atoms with Gasteiger partial charge in [-0.05, 0) is 19.0 Å². The van der Waals surface area contributed by atoms with Gasteiger partial charge in [-0.2, -0.15) is 0 Å². The van der Waals surface area contributed by atoms with E-state index in [-0.39, 0.29) is 5.60 Å². The van der Waals surface area contributed by atoms with Crippen LogP contribution in [0.15, 0.2) is 30.3 Å². The third-order valence-electron chi connectivity index (χ3n) is 3.43. The fourth-order valence-corrected chi connectivity index (χ4v) is 2.35. The number of hydrogen-bond donors (Lipinski definition) is 0. The highest BCUT2D eigenvalue weighted by Gasteiger charge is 2.35. The fraction of sp³-hybridized carbons (Fsp3) is 0.571. The SMILES string of the molecule is COCC1(c2ccccc2)CCN(C)CCO1. The lowest BCUT2D eigenvalue weighted by atomic mass is 9.91. The predicted molar refractivity (Wildman–Crippen MR) is 68.1 cm³/mol. The topological polar surface area (TPSA) is 21.7 Å². The zero-order valence-corrected chi connectivity index (χ0v) is 10.7. The van der Waals surface area contributed by atoms with Crippen molar-refractivity contribution >= 4 is 0 Å². The molecule has 0 N–H and O–H groups in total. The highest BCUT2D eigenvalue weighted by molar-refractivity contribution is 5.23. The molecule has 3 nitrogen and oxygen atoms in total. The maximum atomic E-state index is 6.12. The predicted octanol–water partition coefficient (Wildman–Crippen LogP) is 1.88. The van der Waals surface area contributed by atoms with Crippen LogP contribution in [0.2, 0.25) is 0 Å². The van der Waals surface area contributed by atoms with Crippen LogP contribution in [0.5, 0.6) is 0 Å². The van der Waals surface area contributed by atoms with Crippen molar-refractivity contribution in [3.63, 3.8) is 0 Å². The minimum atomic E-state index is -0.277. The molecular weight excluding hydrogens is 214 g/mol. The first-order chi connectivity index (χ1) is 8.27. The summed E-state index contributed by atoms with van der Waals surface area (Å²) in [5.41, 5.74) is 0.943. The Hall–Kier alpha value is -0.900. The summed E-state index contributed by atoms with van der Waals surface area (Å²) in [7, 11) is 3.87. The summed E-state index contributed by atoms with van der Waals surface area (Å²) in [4.78, 5) is 2.31. The van der Waals surface area contributed by atoms with Gasteiger partial charge in [0.2, 0.25) is 0 Å². The van der Waals surface area contributed by atoms with Crippen molar-refractivity contribution in [1.82, 2.24) is 4.90 Å². The molecule has 94 valence electrons. The molecule has 1 aromatic carbocycles. The van der Waals surface area contributed by atoms with E-state index in [0.717, 1.165) is 26.1 Å². The molecule has 1 atom stereocenters. The molecule has 0 spiro atoms. The fourth-order valence-electron chi connectivity index (χ4n) is 2.35. The highest BCUT2D eigenvalue weighted by atomic mass is 16.5. The van der Waals surface area contributed by atoms with Crippen LogP contribution in [0, 0.1) is 0 Å². The van der Waals surface area contributed by atoms with Gasteiger partial charge in [-0.15, -0.1) is 0 Å². The van der Waals surface area contributed by atoms with Crippen LogP contribution in [0.4, 0.5) is 0 Å². The van der Waals surface area contributed by atoms with E-state index in [1.54, 1.807) is 7.11 Å². The molecule has 3 heteroatoms. The molecule has 1 aromatic rings. The molecule has 0 aromatic heterocycles. The number of nitrogens with zero attached hydrogens (tertiary/aromatic N) is 1. The first-order valence-electron chi connectivity index (χ1n) is 6.14. The molecule has 0 aliphatic carbocycles. The van der Waals surface area contributed by atoms with Crippen LogP contribution in [0.25, 0.3) is 0 Å². The van der Waals surface area contributed by atoms with Crippen LogP contribution < -0.4 is 0 Å². The number of rotatable bonds is 3. The Morgan fingerprint density at radius 1 is 1.29 bits per heavy atom. The summed E-state index contributed by atoms with van der Waals surface area (Å²) >= 11 is 0. The number of benzene rings is 1. The highest BCUT2D eigenvalue weighted by Crippen LogP contribution is 2.31. The minimum Gasteiger partial charge on any atom is -0.381 e. The molecule has 1 aliphatic rings. The second kappa shape index (κ2) is 5.63. The molecule has 1 saturated heterocycles. The van der Waals surface area contributed by atoms with E-state index in [0.29, 0.717) is 6.61 Å². The van der Waals surface area contributed by atoms with E-state index in [1.165, 1.54) is 5.56 Å². The molecule has 2 rings (SSSR count). The first-order valence-corrected chi connectivity index (χ1v) is 6.14. The van der Waals surface area contributed by atoms with Crippen molar-refractivity contribution in [3.05, 3.63) is 35.9 Å². The van der Waals surface area contributed by atoms with Gasteiger partial charge in [0.05, 0.1) is 13.2 Å². The average molecular weight is 235 g/mol. The second-order valence-electron chi connectivity index (χ2n) is 4.70. The molecular formula is C14H21NO2. The quantitative estimate of drug-likeness (QED) is 0.798. The normalized spacial score (nSPS) is 26.7. The molecule has 1 unspecified atom stereocenters. The van der Waals surface area contributed by atoms with Gasteiger partial charge in [-0.3, -0.25) is 0 Å². The van der Waals surface area contributed by atoms with Crippen LogP contribution in [0.1, 0.15) is 12.0 Å². The zero-order chi connectivity index (χ0) is 12.1. The second-order valence-corrected chi connectivity index (χ2v) is 4.70. The van der Waals surface area contributed by atoms with Crippen molar-refractivity contribution < 1.29 is 9.47 Å². The molecule has 17 heavy (non-hydrogen) atoms. The Kier molecular flexibility index (Phi) is 4.15. The minimum absolute atomic E-state index is 0.277. The summed E-state index contributed by atoms with van der Waals surface area (Å²) in [6.07, 6.45) is 0.974. The molecule has 0 bridgehead atoms. The smallest absolute Gasteiger partial charge is 0.118 e. The molecule has 1 aliphatic heterocycles. The lowest BCUT2D eigenvalue weighted by Gasteiger charge is -2.32. The molecule has 1 heterocycles. The Morgan fingerprint density at radius 3 is 2.76 bits per heavy atom. The summed E-state index contributed by atoms with van der Waals surface area (Å²) in [6.45, 7) is 3.40. The molecule has 0 amide bonds. The van der Waals surface area contributed by atoms with Gasteiger partial charge in [0.15, 0.2) is 0 Å². The van der Waals surface area contributed by atoms with Crippen molar-refractivity contribution in [1.29, 1.82) is 0 Å². The van der Waals surface area contributed by atoms with E-state index in [1.807, 2.05) is 6.07 Å². The lowest BCUT2D eigenvalue weighted by Crippen LogP contribution is -2.35. The van der Waals surface area contributed by atoms with Gasteiger partial charge in [-0.1, -0.05) is 30.3 Å². The van der Waals surface area contributed by atoms with Gasteiger partial charge in [0.25, 0.3) is 0 Å². The van der Waals surface area contributed by atoms with Gasteiger partial charge in [0, 0.05) is 20.2 Å². The number of ether oxygens (including phenoxy) is 2. The van der Waals surface area contributed by atoms with E-state index in [4.69, 9.17) is 9.47 Å². The lowest BCUT2D eigenvalue weighted by molar-refractivity contribution is -0.0894. The van der Waals surface area contributed by atoms with E-state index in [2.05, 4.69) is 36.2 Å². The Bertz CT molecular complexity index is 341. The summed E-state index contributed by atoms with van der Waals surface area (Å²) in [5.74, 6) is 0. The van der Waals surface area contributed by atoms with Gasteiger partial charge in [0.1, 0.15) is 5.60 Å². The molecule has 1 fully saturated rings. The van der Waals surface area contributed by atoms with Crippen LogP contribution >= 0.6 is 0 Å². The van der Waals surface area contributed by atoms with Gasteiger partial charge < -0.3 is 14.4 Å². The zero-order valence-electron chi connectivity index (χ0n) is 10.7. The van der Waals surface area contributed by atoms with E-state index < -0.39 is 0 Å². The third kappa shape index (κ3) is 2.86. The Balaban J connectivity index is 2.25. The van der Waals surface area contributed by atoms with Crippen LogP contribution in [-0.2, 0) is 15.1 Å². The van der Waals surface area contributed by atoms with E-state index >= 15 is 0 Å². The summed E-state index contributed by atoms with van der Waals surface area (Å²) < 4.78 is 11.5. The first kappa shape index (κ1) is 12.6. The van der Waals surface area contributed by atoms with Gasteiger partial charge in [-0.25, -0.2) is 0 Å². The maximum absolute atomic E-state index is 6.12. The Labute approximate surface area is 103 Å². The number of hydrogen-bond acceptors (Lipinski definition) is 3. The van der Waals surface area contributed by atoms with Gasteiger partial charge >= 0.3 is 0 Å². The standard InChI is InChI=1S/C14H21NO2/c1-15-9-8-14(12-16-2,17-11-10-15)13-6-4-3-5-7-13/h3-7H,8-12H2,1-2H3. The van der Waals surface area contributed by atoms with Crippen molar-refractivity contribution in [2.75, 3.05) is 40.5 Å². The Morgan fingerprint density at radius 2 is 2.06 bits per heavy atom. The van der Waals surface area contributed by atoms with Crippen molar-refractivity contribution in [2.24, 2.45) is 0 Å². The van der Waals surface area contributed by atoms with E-state index in [9.17, 15) is 0 Å². The van der Waals surface area contributed by atoms with Crippen LogP contribution in [-0.4, -0.2) is 45.4 Å². The summed E-state index contributed by atoms with van der Waals surface area (Å²) in [6, 6.07) is 10.4. The number of methoxy groups -OCH3 is 1. The maximum Gasteiger partial charge on any atom is 0.118 e.